The van der Waals surface area contributed by atoms with Crippen molar-refractivity contribution in [1.82, 2.24) is 5.06 Å². The Labute approximate surface area is 52.3 Å². The molecule has 0 spiro atoms. The number of nitrogens with zero attached hydrogens (tertiary/aromatic N) is 1. The lowest BCUT2D eigenvalue weighted by atomic mass is 11.2. The van der Waals surface area contributed by atoms with Gasteiger partial charge in [-0.25, -0.2) is 9.19 Å². The predicted octanol–water partition coefficient (Wildman–Crippen LogP) is 0.819. The molecule has 0 fully saturated rings. The molecule has 0 bridgehead atoms. The Kier molecular flexibility index (Phi) is 2.94. The summed E-state index contributed by atoms with van der Waals surface area (Å²) in [6, 6.07) is 0. The molecule has 0 aliphatic rings. The van der Waals surface area contributed by atoms with Gasteiger partial charge in [0.2, 0.25) is 0 Å². The highest BCUT2D eigenvalue weighted by molar-refractivity contribution is 7.80. The maximum absolute atomic E-state index is 10.1. The Morgan fingerprint density at radius 1 is 1.75 bits per heavy atom. The second-order valence-corrected chi connectivity index (χ2v) is 3.69. The van der Waals surface area contributed by atoms with Crippen LogP contribution in [0.5, 0.6) is 0 Å². The predicted molar refractivity (Wildman–Crippen MR) is 30.5 cm³/mol. The summed E-state index contributed by atoms with van der Waals surface area (Å²) in [5, 5.41) is 1.06. The minimum Gasteiger partial charge on any atom is -0.312 e. The third kappa shape index (κ3) is 6.40. The smallest absolute Gasteiger partial charge is 0.312 e. The minimum atomic E-state index is -3.82. The van der Waals surface area contributed by atoms with E-state index >= 15 is 0 Å². The summed E-state index contributed by atoms with van der Waals surface area (Å²) in [5.41, 5.74) is 0. The standard InChI is InChI=1S/C2H7ClNO3P/c1-4(2)7-8(3,5)6/h1-2H3,(H,5,6). The van der Waals surface area contributed by atoms with Crippen molar-refractivity contribution < 1.29 is 14.1 Å². The fraction of sp³-hybridized carbons (Fsp3) is 1.00. The number of halogens is 1. The summed E-state index contributed by atoms with van der Waals surface area (Å²) in [5.74, 6) is 0. The Hall–Kier alpha value is 0.400. The molecule has 0 saturated carbocycles. The lowest BCUT2D eigenvalue weighted by Crippen LogP contribution is -2.08. The zero-order valence-corrected chi connectivity index (χ0v) is 6.19. The van der Waals surface area contributed by atoms with Crippen molar-refractivity contribution in [2.24, 2.45) is 0 Å². The fourth-order valence-corrected chi connectivity index (χ4v) is 0.975. The molecular formula is C2H7ClNO3P. The van der Waals surface area contributed by atoms with Gasteiger partial charge in [0.15, 0.2) is 0 Å². The second kappa shape index (κ2) is 2.80. The molecule has 8 heavy (non-hydrogen) atoms. The molecule has 0 amide bonds. The van der Waals surface area contributed by atoms with E-state index in [0.717, 1.165) is 5.06 Å². The van der Waals surface area contributed by atoms with Gasteiger partial charge in [0.1, 0.15) is 0 Å². The molecular weight excluding hydrogens is 152 g/mol. The Balaban J connectivity index is 3.56. The van der Waals surface area contributed by atoms with Crippen LogP contribution in [-0.4, -0.2) is 24.1 Å². The van der Waals surface area contributed by atoms with Crippen molar-refractivity contribution in [2.45, 2.75) is 0 Å². The highest BCUT2D eigenvalue weighted by Gasteiger charge is 2.14. The van der Waals surface area contributed by atoms with Crippen LogP contribution in [0.15, 0.2) is 0 Å². The quantitative estimate of drug-likeness (QED) is 0.479. The first kappa shape index (κ1) is 8.40. The average molecular weight is 160 g/mol. The van der Waals surface area contributed by atoms with Crippen LogP contribution in [0.3, 0.4) is 0 Å². The average Bonchev–Trinajstić information content (AvgIpc) is 1.21. The van der Waals surface area contributed by atoms with E-state index in [1.54, 1.807) is 0 Å². The van der Waals surface area contributed by atoms with Crippen LogP contribution < -0.4 is 0 Å². The van der Waals surface area contributed by atoms with Gasteiger partial charge in [-0.2, -0.15) is 5.06 Å². The van der Waals surface area contributed by atoms with E-state index in [4.69, 9.17) is 16.1 Å². The van der Waals surface area contributed by atoms with Crippen LogP contribution in [-0.2, 0) is 9.19 Å². The molecule has 0 aromatic carbocycles. The molecule has 0 radical (unpaired) electrons. The zero-order valence-electron chi connectivity index (χ0n) is 4.54. The van der Waals surface area contributed by atoms with E-state index in [9.17, 15) is 4.57 Å². The molecule has 0 aromatic rings. The number of hydroxylamine groups is 2. The maximum Gasteiger partial charge on any atom is 0.438 e. The van der Waals surface area contributed by atoms with Crippen molar-refractivity contribution in [2.75, 3.05) is 14.1 Å². The van der Waals surface area contributed by atoms with Gasteiger partial charge < -0.3 is 4.89 Å². The van der Waals surface area contributed by atoms with E-state index in [1.165, 1.54) is 14.1 Å². The molecule has 1 unspecified atom stereocenters. The first-order valence-corrected chi connectivity index (χ1v) is 4.29. The summed E-state index contributed by atoms with van der Waals surface area (Å²) >= 11 is 4.78. The highest BCUT2D eigenvalue weighted by atomic mass is 35.7. The molecule has 4 nitrogen and oxygen atoms in total. The first-order chi connectivity index (χ1) is 3.42. The van der Waals surface area contributed by atoms with Crippen LogP contribution in [0.4, 0.5) is 0 Å². The Bertz CT molecular complexity index is 110. The normalized spacial score (nSPS) is 18.6. The van der Waals surface area contributed by atoms with E-state index in [1.807, 2.05) is 0 Å². The van der Waals surface area contributed by atoms with Crippen molar-refractivity contribution in [3.05, 3.63) is 0 Å². The van der Waals surface area contributed by atoms with Crippen molar-refractivity contribution in [3.63, 3.8) is 0 Å². The van der Waals surface area contributed by atoms with E-state index in [-0.39, 0.29) is 0 Å². The summed E-state index contributed by atoms with van der Waals surface area (Å²) in [6.45, 7) is -3.82. The number of hydrogen-bond donors (Lipinski definition) is 1. The molecule has 0 saturated heterocycles. The van der Waals surface area contributed by atoms with Crippen LogP contribution in [0, 0.1) is 0 Å². The summed E-state index contributed by atoms with van der Waals surface area (Å²) in [7, 11) is 2.93. The van der Waals surface area contributed by atoms with Crippen molar-refractivity contribution in [1.29, 1.82) is 0 Å². The third-order valence-electron chi connectivity index (χ3n) is 0.264. The summed E-state index contributed by atoms with van der Waals surface area (Å²) in [4.78, 5) is 8.25. The molecule has 50 valence electrons. The van der Waals surface area contributed by atoms with E-state index < -0.39 is 6.95 Å². The van der Waals surface area contributed by atoms with Crippen molar-refractivity contribution >= 4 is 18.2 Å². The Morgan fingerprint density at radius 3 is 2.12 bits per heavy atom. The van der Waals surface area contributed by atoms with Crippen LogP contribution in [0.2, 0.25) is 0 Å². The van der Waals surface area contributed by atoms with Crippen LogP contribution in [0.25, 0.3) is 0 Å². The van der Waals surface area contributed by atoms with Gasteiger partial charge in [0.05, 0.1) is 0 Å². The Morgan fingerprint density at radius 2 is 2.12 bits per heavy atom. The topological polar surface area (TPSA) is 49.8 Å². The monoisotopic (exact) mass is 159 g/mol. The first-order valence-electron chi connectivity index (χ1n) is 1.81. The summed E-state index contributed by atoms with van der Waals surface area (Å²) in [6.07, 6.45) is 0. The van der Waals surface area contributed by atoms with Gasteiger partial charge in [0, 0.05) is 25.3 Å². The lowest BCUT2D eigenvalue weighted by Gasteiger charge is -2.08. The third-order valence-corrected chi connectivity index (χ3v) is 0.977. The molecule has 1 atom stereocenters. The van der Waals surface area contributed by atoms with Gasteiger partial charge in [-0.1, -0.05) is 0 Å². The zero-order chi connectivity index (χ0) is 6.78. The van der Waals surface area contributed by atoms with Gasteiger partial charge in [-0.15, -0.1) is 0 Å². The second-order valence-electron chi connectivity index (χ2n) is 1.35. The van der Waals surface area contributed by atoms with Gasteiger partial charge >= 0.3 is 6.95 Å². The minimum absolute atomic E-state index is 1.06. The highest BCUT2D eigenvalue weighted by Crippen LogP contribution is 2.47. The number of hydrogen-bond acceptors (Lipinski definition) is 3. The molecule has 0 aromatic heterocycles. The molecule has 6 heteroatoms. The van der Waals surface area contributed by atoms with E-state index in [0.29, 0.717) is 0 Å². The van der Waals surface area contributed by atoms with Crippen molar-refractivity contribution in [3.8, 4) is 0 Å². The number of rotatable bonds is 2. The van der Waals surface area contributed by atoms with Gasteiger partial charge in [0.25, 0.3) is 0 Å². The molecule has 1 N–H and O–H groups in total. The molecule has 0 rings (SSSR count). The molecule has 0 aliphatic carbocycles. The molecule has 0 aliphatic heterocycles. The lowest BCUT2D eigenvalue weighted by molar-refractivity contribution is -0.00898. The van der Waals surface area contributed by atoms with Crippen LogP contribution >= 0.6 is 18.2 Å². The summed E-state index contributed by atoms with van der Waals surface area (Å²) < 4.78 is 14.2. The van der Waals surface area contributed by atoms with Crippen LogP contribution in [0.1, 0.15) is 0 Å². The SMILES string of the molecule is CN(C)OP(=O)(O)Cl. The van der Waals surface area contributed by atoms with E-state index in [2.05, 4.69) is 4.62 Å². The maximum atomic E-state index is 10.1. The molecule has 0 heterocycles. The fourth-order valence-electron chi connectivity index (χ4n) is 0.201. The van der Waals surface area contributed by atoms with Gasteiger partial charge in [-0.05, 0) is 0 Å². The van der Waals surface area contributed by atoms with Gasteiger partial charge in [-0.3, -0.25) is 0 Å². The largest absolute Gasteiger partial charge is 0.438 e.